The summed E-state index contributed by atoms with van der Waals surface area (Å²) in [5, 5.41) is 3.22. The van der Waals surface area contributed by atoms with Crippen molar-refractivity contribution < 1.29 is 17.6 Å². The molecule has 122 valence electrons. The van der Waals surface area contributed by atoms with Crippen LogP contribution in [0.5, 0.6) is 0 Å². The summed E-state index contributed by atoms with van der Waals surface area (Å²) in [7, 11) is -1.05. The van der Waals surface area contributed by atoms with E-state index in [4.69, 9.17) is 0 Å². The Labute approximate surface area is 129 Å². The van der Waals surface area contributed by atoms with E-state index in [2.05, 4.69) is 10.0 Å². The molecule has 1 saturated heterocycles. The van der Waals surface area contributed by atoms with Gasteiger partial charge >= 0.3 is 0 Å². The zero-order chi connectivity index (χ0) is 16.3. The molecule has 1 amide bonds. The number of piperidine rings is 1. The van der Waals surface area contributed by atoms with Crippen LogP contribution in [0.25, 0.3) is 0 Å². The lowest BCUT2D eigenvalue weighted by atomic mass is 10.0. The SMILES string of the molecule is CNS(=O)(=O)c1cc(C(=O)N(C)C2CCNCC2)ccc1F. The van der Waals surface area contributed by atoms with Crippen LogP contribution in [-0.2, 0) is 10.0 Å². The number of nitrogens with one attached hydrogen (secondary N) is 2. The second kappa shape index (κ2) is 6.72. The number of carbonyl (C=O) groups is 1. The zero-order valence-electron chi connectivity index (χ0n) is 12.6. The van der Waals surface area contributed by atoms with Gasteiger partial charge in [-0.2, -0.15) is 0 Å². The first-order chi connectivity index (χ1) is 10.4. The molecule has 0 saturated carbocycles. The molecule has 0 radical (unpaired) electrons. The van der Waals surface area contributed by atoms with E-state index >= 15 is 0 Å². The number of hydrogen-bond acceptors (Lipinski definition) is 4. The lowest BCUT2D eigenvalue weighted by molar-refractivity contribution is 0.0703. The number of rotatable bonds is 4. The van der Waals surface area contributed by atoms with E-state index < -0.39 is 20.7 Å². The first-order valence-electron chi connectivity index (χ1n) is 7.08. The summed E-state index contributed by atoms with van der Waals surface area (Å²) in [6, 6.07) is 3.50. The third-order valence-corrected chi connectivity index (χ3v) is 5.34. The van der Waals surface area contributed by atoms with Gasteiger partial charge in [-0.3, -0.25) is 4.79 Å². The second-order valence-corrected chi connectivity index (χ2v) is 7.10. The van der Waals surface area contributed by atoms with Crippen LogP contribution < -0.4 is 10.0 Å². The Morgan fingerprint density at radius 1 is 1.36 bits per heavy atom. The van der Waals surface area contributed by atoms with E-state index in [9.17, 15) is 17.6 Å². The fourth-order valence-corrected chi connectivity index (χ4v) is 3.34. The maximum Gasteiger partial charge on any atom is 0.253 e. The molecule has 1 heterocycles. The van der Waals surface area contributed by atoms with E-state index in [0.717, 1.165) is 38.1 Å². The van der Waals surface area contributed by atoms with Gasteiger partial charge in [0.05, 0.1) is 0 Å². The molecule has 1 aliphatic rings. The van der Waals surface area contributed by atoms with Crippen LogP contribution in [0.15, 0.2) is 23.1 Å². The predicted molar refractivity (Wildman–Crippen MR) is 80.6 cm³/mol. The summed E-state index contributed by atoms with van der Waals surface area (Å²) in [5.41, 5.74) is 0.163. The molecular weight excluding hydrogens is 309 g/mol. The topological polar surface area (TPSA) is 78.5 Å². The Kier molecular flexibility index (Phi) is 5.15. The van der Waals surface area contributed by atoms with Gasteiger partial charge < -0.3 is 10.2 Å². The second-order valence-electron chi connectivity index (χ2n) is 5.25. The number of halogens is 1. The van der Waals surface area contributed by atoms with Gasteiger partial charge in [0.2, 0.25) is 10.0 Å². The van der Waals surface area contributed by atoms with Crippen LogP contribution in [0.2, 0.25) is 0 Å². The molecule has 22 heavy (non-hydrogen) atoms. The highest BCUT2D eigenvalue weighted by Gasteiger charge is 2.25. The molecule has 1 aromatic rings. The molecule has 0 aliphatic carbocycles. The molecule has 0 spiro atoms. The van der Waals surface area contributed by atoms with Gasteiger partial charge in [0.25, 0.3) is 5.91 Å². The number of nitrogens with zero attached hydrogens (tertiary/aromatic N) is 1. The van der Waals surface area contributed by atoms with Gasteiger partial charge in [-0.25, -0.2) is 17.5 Å². The first-order valence-corrected chi connectivity index (χ1v) is 8.56. The average molecular weight is 329 g/mol. The van der Waals surface area contributed by atoms with Gasteiger partial charge in [0.1, 0.15) is 10.7 Å². The minimum Gasteiger partial charge on any atom is -0.339 e. The fourth-order valence-electron chi connectivity index (χ4n) is 2.52. The van der Waals surface area contributed by atoms with Crippen LogP contribution in [0.3, 0.4) is 0 Å². The lowest BCUT2D eigenvalue weighted by Gasteiger charge is -2.31. The summed E-state index contributed by atoms with van der Waals surface area (Å²) >= 11 is 0. The number of sulfonamides is 1. The number of amides is 1. The monoisotopic (exact) mass is 329 g/mol. The average Bonchev–Trinajstić information content (AvgIpc) is 2.54. The highest BCUT2D eigenvalue weighted by molar-refractivity contribution is 7.89. The van der Waals surface area contributed by atoms with Crippen LogP contribution >= 0.6 is 0 Å². The van der Waals surface area contributed by atoms with Crippen molar-refractivity contribution in [3.05, 3.63) is 29.6 Å². The van der Waals surface area contributed by atoms with Gasteiger partial charge in [-0.1, -0.05) is 0 Å². The van der Waals surface area contributed by atoms with Crippen molar-refractivity contribution in [3.8, 4) is 0 Å². The van der Waals surface area contributed by atoms with Crippen molar-refractivity contribution in [1.29, 1.82) is 0 Å². The minimum absolute atomic E-state index is 0.100. The summed E-state index contributed by atoms with van der Waals surface area (Å²) in [6.45, 7) is 1.68. The molecule has 0 bridgehead atoms. The molecule has 2 rings (SSSR count). The van der Waals surface area contributed by atoms with Gasteiger partial charge in [0, 0.05) is 18.7 Å². The van der Waals surface area contributed by atoms with Crippen LogP contribution in [0, 0.1) is 5.82 Å². The Balaban J connectivity index is 2.28. The molecule has 1 fully saturated rings. The molecule has 0 atom stereocenters. The molecule has 1 aliphatic heterocycles. The molecule has 1 aromatic carbocycles. The van der Waals surface area contributed by atoms with E-state index in [-0.39, 0.29) is 17.5 Å². The summed E-state index contributed by atoms with van der Waals surface area (Å²) in [4.78, 5) is 13.6. The van der Waals surface area contributed by atoms with E-state index in [1.165, 1.54) is 13.1 Å². The molecule has 2 N–H and O–H groups in total. The maximum atomic E-state index is 13.7. The van der Waals surface area contributed by atoms with Crippen molar-refractivity contribution in [3.63, 3.8) is 0 Å². The maximum absolute atomic E-state index is 13.7. The van der Waals surface area contributed by atoms with E-state index in [0.29, 0.717) is 0 Å². The van der Waals surface area contributed by atoms with E-state index in [1.807, 2.05) is 0 Å². The summed E-state index contributed by atoms with van der Waals surface area (Å²) in [6.07, 6.45) is 1.68. The number of hydrogen-bond donors (Lipinski definition) is 2. The smallest absolute Gasteiger partial charge is 0.253 e. The van der Waals surface area contributed by atoms with E-state index in [1.54, 1.807) is 11.9 Å². The van der Waals surface area contributed by atoms with Crippen LogP contribution in [0.4, 0.5) is 4.39 Å². The number of benzene rings is 1. The molecule has 8 heteroatoms. The highest BCUT2D eigenvalue weighted by atomic mass is 32.2. The van der Waals surface area contributed by atoms with Crippen molar-refractivity contribution in [1.82, 2.24) is 14.9 Å². The third kappa shape index (κ3) is 3.45. The number of carbonyl (C=O) groups excluding carboxylic acids is 1. The van der Waals surface area contributed by atoms with Crippen molar-refractivity contribution in [2.24, 2.45) is 0 Å². The predicted octanol–water partition coefficient (Wildman–Crippen LogP) is 0.558. The zero-order valence-corrected chi connectivity index (χ0v) is 13.4. The van der Waals surface area contributed by atoms with Gasteiger partial charge in [-0.15, -0.1) is 0 Å². The first kappa shape index (κ1) is 16.9. The molecule has 0 aromatic heterocycles. The minimum atomic E-state index is -3.94. The molecular formula is C14H20FN3O3S. The molecule has 6 nitrogen and oxygen atoms in total. The third-order valence-electron chi connectivity index (χ3n) is 3.91. The van der Waals surface area contributed by atoms with Crippen molar-refractivity contribution >= 4 is 15.9 Å². The summed E-state index contributed by atoms with van der Waals surface area (Å²) in [5.74, 6) is -1.19. The molecule has 0 unspecified atom stereocenters. The normalized spacial score (nSPS) is 16.5. The highest BCUT2D eigenvalue weighted by Crippen LogP contribution is 2.19. The van der Waals surface area contributed by atoms with Gasteiger partial charge in [-0.05, 0) is 51.2 Å². The van der Waals surface area contributed by atoms with Crippen LogP contribution in [-0.4, -0.2) is 52.5 Å². The van der Waals surface area contributed by atoms with Crippen molar-refractivity contribution in [2.45, 2.75) is 23.8 Å². The van der Waals surface area contributed by atoms with Crippen molar-refractivity contribution in [2.75, 3.05) is 27.2 Å². The fraction of sp³-hybridized carbons (Fsp3) is 0.500. The Bertz CT molecular complexity index is 657. The standard InChI is InChI=1S/C14H20FN3O3S/c1-16-22(20,21)13-9-10(3-4-12(13)15)14(19)18(2)11-5-7-17-8-6-11/h3-4,9,11,16-17H,5-8H2,1-2H3. The largest absolute Gasteiger partial charge is 0.339 e. The summed E-state index contributed by atoms with van der Waals surface area (Å²) < 4.78 is 39.3. The Morgan fingerprint density at radius 3 is 2.59 bits per heavy atom. The Morgan fingerprint density at radius 2 is 2.00 bits per heavy atom. The lowest BCUT2D eigenvalue weighted by Crippen LogP contribution is -2.44. The van der Waals surface area contributed by atoms with Gasteiger partial charge in [0.15, 0.2) is 0 Å². The quantitative estimate of drug-likeness (QED) is 0.846. The Hall–Kier alpha value is -1.51. The van der Waals surface area contributed by atoms with Crippen LogP contribution in [0.1, 0.15) is 23.2 Å².